The van der Waals surface area contributed by atoms with Gasteiger partial charge in [-0.2, -0.15) is 26.3 Å². The zero-order valence-electron chi connectivity index (χ0n) is 16.5. The van der Waals surface area contributed by atoms with Gasteiger partial charge in [-0.25, -0.2) is 9.67 Å². The Morgan fingerprint density at radius 2 is 1.67 bits per heavy atom. The standard InChI is InChI=1S/C19H14F6N6O2/c1-10-14(2-4-26-10)17(33)29-28-15(32)3-5-31-9-27-16(30-31)11-6-12(18(20,21)22)8-13(7-11)19(23,24)25/h2-9,26H,1H3,(H,28,32)(H,29,33)/b5-3-. The van der Waals surface area contributed by atoms with E-state index < -0.39 is 46.7 Å². The molecule has 2 amide bonds. The summed E-state index contributed by atoms with van der Waals surface area (Å²) >= 11 is 0. The fourth-order valence-electron chi connectivity index (χ4n) is 2.63. The molecular formula is C19H14F6N6O2. The number of hydrogen-bond acceptors (Lipinski definition) is 4. The Morgan fingerprint density at radius 1 is 1.03 bits per heavy atom. The van der Waals surface area contributed by atoms with Crippen molar-refractivity contribution in [2.45, 2.75) is 19.3 Å². The number of halogens is 6. The van der Waals surface area contributed by atoms with Crippen molar-refractivity contribution in [1.29, 1.82) is 0 Å². The molecule has 174 valence electrons. The molecule has 3 rings (SSSR count). The van der Waals surface area contributed by atoms with Crippen LogP contribution in [0.1, 0.15) is 27.2 Å². The number of nitrogens with zero attached hydrogens (tertiary/aromatic N) is 3. The summed E-state index contributed by atoms with van der Waals surface area (Å²) in [6.07, 6.45) is -5.56. The number of amides is 2. The van der Waals surface area contributed by atoms with Gasteiger partial charge in [-0.15, -0.1) is 5.10 Å². The number of nitrogens with one attached hydrogen (secondary N) is 3. The summed E-state index contributed by atoms with van der Waals surface area (Å²) in [6, 6.07) is 2.48. The van der Waals surface area contributed by atoms with Crippen LogP contribution < -0.4 is 10.9 Å². The van der Waals surface area contributed by atoms with E-state index in [0.29, 0.717) is 23.4 Å². The lowest BCUT2D eigenvalue weighted by atomic mass is 10.0. The maximum absolute atomic E-state index is 13.0. The van der Waals surface area contributed by atoms with Crippen LogP contribution >= 0.6 is 0 Å². The van der Waals surface area contributed by atoms with Gasteiger partial charge < -0.3 is 4.98 Å². The topological polar surface area (TPSA) is 105 Å². The van der Waals surface area contributed by atoms with Gasteiger partial charge in [-0.1, -0.05) is 0 Å². The van der Waals surface area contributed by atoms with Crippen molar-refractivity contribution in [2.75, 3.05) is 0 Å². The highest BCUT2D eigenvalue weighted by Crippen LogP contribution is 2.38. The second kappa shape index (κ2) is 8.80. The Hall–Kier alpha value is -4.10. The van der Waals surface area contributed by atoms with Crippen LogP contribution in [0.15, 0.2) is 42.9 Å². The fraction of sp³-hybridized carbons (Fsp3) is 0.158. The minimum atomic E-state index is -5.01. The van der Waals surface area contributed by atoms with Gasteiger partial charge in [0.15, 0.2) is 5.82 Å². The van der Waals surface area contributed by atoms with E-state index in [1.807, 2.05) is 0 Å². The molecule has 33 heavy (non-hydrogen) atoms. The number of carbonyl (C=O) groups is 2. The van der Waals surface area contributed by atoms with Crippen LogP contribution in [0.5, 0.6) is 0 Å². The van der Waals surface area contributed by atoms with Gasteiger partial charge in [0.1, 0.15) is 6.33 Å². The van der Waals surface area contributed by atoms with E-state index in [4.69, 9.17) is 0 Å². The van der Waals surface area contributed by atoms with Crippen LogP contribution in [0.2, 0.25) is 0 Å². The molecule has 0 spiro atoms. The van der Waals surface area contributed by atoms with Crippen molar-refractivity contribution < 1.29 is 35.9 Å². The maximum atomic E-state index is 13.0. The number of aromatic nitrogens is 4. The first-order chi connectivity index (χ1) is 15.3. The van der Waals surface area contributed by atoms with Gasteiger partial charge >= 0.3 is 12.4 Å². The number of benzene rings is 1. The largest absolute Gasteiger partial charge is 0.416 e. The van der Waals surface area contributed by atoms with Gasteiger partial charge in [0, 0.05) is 29.7 Å². The lowest BCUT2D eigenvalue weighted by Gasteiger charge is -2.13. The molecule has 0 atom stereocenters. The highest BCUT2D eigenvalue weighted by molar-refractivity contribution is 5.98. The molecule has 1 aromatic carbocycles. The van der Waals surface area contributed by atoms with Crippen molar-refractivity contribution in [2.24, 2.45) is 0 Å². The van der Waals surface area contributed by atoms with Crippen LogP contribution in [0.4, 0.5) is 26.3 Å². The maximum Gasteiger partial charge on any atom is 0.416 e. The van der Waals surface area contributed by atoms with E-state index in [1.54, 1.807) is 6.92 Å². The molecule has 0 radical (unpaired) electrons. The van der Waals surface area contributed by atoms with Gasteiger partial charge in [0.05, 0.1) is 16.7 Å². The third kappa shape index (κ3) is 5.78. The zero-order valence-corrected chi connectivity index (χ0v) is 16.5. The van der Waals surface area contributed by atoms with Crippen LogP contribution in [0.3, 0.4) is 0 Å². The van der Waals surface area contributed by atoms with E-state index in [9.17, 15) is 35.9 Å². The minimum Gasteiger partial charge on any atom is -0.365 e. The Labute approximate surface area is 181 Å². The normalized spacial score (nSPS) is 12.2. The summed E-state index contributed by atoms with van der Waals surface area (Å²) in [5, 5.41) is 3.76. The lowest BCUT2D eigenvalue weighted by Crippen LogP contribution is -2.40. The van der Waals surface area contributed by atoms with Crippen LogP contribution in [-0.2, 0) is 17.1 Å². The summed E-state index contributed by atoms with van der Waals surface area (Å²) in [5.41, 5.74) is 1.63. The summed E-state index contributed by atoms with van der Waals surface area (Å²) in [7, 11) is 0. The Balaban J connectivity index is 1.73. The molecule has 0 bridgehead atoms. The molecule has 2 heterocycles. The third-order valence-electron chi connectivity index (χ3n) is 4.23. The molecule has 0 aliphatic heterocycles. The van der Waals surface area contributed by atoms with Gasteiger partial charge in [0.2, 0.25) is 0 Å². The van der Waals surface area contributed by atoms with Crippen molar-refractivity contribution in [3.8, 4) is 11.4 Å². The van der Waals surface area contributed by atoms with Crippen molar-refractivity contribution in [1.82, 2.24) is 30.6 Å². The number of aromatic amines is 1. The summed E-state index contributed by atoms with van der Waals surface area (Å²) in [4.78, 5) is 30.2. The number of hydrazine groups is 1. The first-order valence-corrected chi connectivity index (χ1v) is 8.98. The highest BCUT2D eigenvalue weighted by Gasteiger charge is 2.37. The Kier molecular flexibility index (Phi) is 6.28. The zero-order chi connectivity index (χ0) is 24.4. The number of aryl methyl sites for hydroxylation is 1. The molecule has 0 aliphatic carbocycles. The SMILES string of the molecule is Cc1[nH]ccc1C(=O)NNC(=O)/C=C\n1cnc(-c2cc(C(F)(F)F)cc(C(F)(F)F)c2)n1. The summed E-state index contributed by atoms with van der Waals surface area (Å²) in [6.45, 7) is 1.65. The van der Waals surface area contributed by atoms with Crippen molar-refractivity contribution in [3.63, 3.8) is 0 Å². The lowest BCUT2D eigenvalue weighted by molar-refractivity contribution is -0.143. The average Bonchev–Trinajstić information content (AvgIpc) is 3.38. The van der Waals surface area contributed by atoms with E-state index in [2.05, 4.69) is 25.9 Å². The average molecular weight is 472 g/mol. The fourth-order valence-corrected chi connectivity index (χ4v) is 2.63. The van der Waals surface area contributed by atoms with E-state index in [1.165, 1.54) is 12.3 Å². The number of rotatable bonds is 4. The number of alkyl halides is 6. The highest BCUT2D eigenvalue weighted by atomic mass is 19.4. The van der Waals surface area contributed by atoms with E-state index in [0.717, 1.165) is 23.3 Å². The van der Waals surface area contributed by atoms with Gasteiger partial charge in [0.25, 0.3) is 11.8 Å². The number of hydrogen-bond donors (Lipinski definition) is 3. The molecule has 0 unspecified atom stereocenters. The van der Waals surface area contributed by atoms with E-state index >= 15 is 0 Å². The summed E-state index contributed by atoms with van der Waals surface area (Å²) < 4.78 is 78.9. The molecule has 2 aromatic heterocycles. The molecule has 0 saturated heterocycles. The Morgan fingerprint density at radius 3 is 2.21 bits per heavy atom. The molecule has 0 fully saturated rings. The molecule has 0 saturated carbocycles. The van der Waals surface area contributed by atoms with Crippen molar-refractivity contribution in [3.05, 3.63) is 65.2 Å². The second-order valence-electron chi connectivity index (χ2n) is 6.62. The predicted octanol–water partition coefficient (Wildman–Crippen LogP) is 3.55. The first kappa shape index (κ1) is 23.6. The monoisotopic (exact) mass is 472 g/mol. The molecule has 0 aliphatic rings. The van der Waals surface area contributed by atoms with Crippen LogP contribution in [0.25, 0.3) is 17.6 Å². The number of carbonyl (C=O) groups excluding carboxylic acids is 2. The summed E-state index contributed by atoms with van der Waals surface area (Å²) in [5.74, 6) is -1.79. The molecular weight excluding hydrogens is 458 g/mol. The predicted molar refractivity (Wildman–Crippen MR) is 102 cm³/mol. The molecule has 14 heteroatoms. The molecule has 8 nitrogen and oxygen atoms in total. The minimum absolute atomic E-state index is 0.00596. The Bertz CT molecular complexity index is 1180. The molecule has 3 aromatic rings. The van der Waals surface area contributed by atoms with Gasteiger partial charge in [-0.3, -0.25) is 20.4 Å². The quantitative estimate of drug-likeness (QED) is 0.307. The van der Waals surface area contributed by atoms with Crippen molar-refractivity contribution >= 4 is 18.0 Å². The smallest absolute Gasteiger partial charge is 0.365 e. The number of H-pyrrole nitrogens is 1. The van der Waals surface area contributed by atoms with Crippen LogP contribution in [0, 0.1) is 6.92 Å². The van der Waals surface area contributed by atoms with Gasteiger partial charge in [-0.05, 0) is 31.2 Å². The second-order valence-corrected chi connectivity index (χ2v) is 6.62. The third-order valence-corrected chi connectivity index (χ3v) is 4.23. The molecule has 3 N–H and O–H groups in total. The first-order valence-electron chi connectivity index (χ1n) is 8.98. The van der Waals surface area contributed by atoms with Crippen LogP contribution in [-0.4, -0.2) is 31.6 Å². The van der Waals surface area contributed by atoms with E-state index in [-0.39, 0.29) is 6.07 Å².